The van der Waals surface area contributed by atoms with E-state index in [2.05, 4.69) is 10.3 Å². The van der Waals surface area contributed by atoms with Crippen LogP contribution < -0.4 is 16.2 Å². The van der Waals surface area contributed by atoms with Crippen LogP contribution in [0.1, 0.15) is 60.9 Å². The maximum Gasteiger partial charge on any atom is 0.272 e. The lowest BCUT2D eigenvalue weighted by Crippen LogP contribution is -2.15. The van der Waals surface area contributed by atoms with E-state index in [-0.39, 0.29) is 18.1 Å². The van der Waals surface area contributed by atoms with Crippen molar-refractivity contribution in [1.29, 1.82) is 0 Å². The van der Waals surface area contributed by atoms with E-state index in [0.717, 1.165) is 16.8 Å². The number of pyridine rings is 1. The highest BCUT2D eigenvalue weighted by molar-refractivity contribution is 5.92. The van der Waals surface area contributed by atoms with Gasteiger partial charge in [0.15, 0.2) is 0 Å². The van der Waals surface area contributed by atoms with Crippen molar-refractivity contribution in [3.8, 4) is 5.75 Å². The quantitative estimate of drug-likeness (QED) is 0.686. The van der Waals surface area contributed by atoms with Gasteiger partial charge in [0.25, 0.3) is 6.43 Å². The standard InChI is InChI=1S/C15H23F2N2O.C7H8N2O/c1-10(19-15(2,3)4)11-5-6-13(12(7-11)8-18)20-9-14(16)17;1-5-4-6(7(8)10)2-3-9-5/h5-7,10,14H,8-9,18H2,1-4H3;2-4H,1H3,(H2,8,10)/q-1;. The molecule has 0 fully saturated rings. The Bertz CT molecular complexity index is 823. The first kappa shape index (κ1) is 25.5. The molecular weight excluding hydrogens is 390 g/mol. The smallest absolute Gasteiger partial charge is 0.272 e. The molecule has 1 atom stereocenters. The second-order valence-electron chi connectivity index (χ2n) is 7.80. The molecule has 0 aliphatic rings. The summed E-state index contributed by atoms with van der Waals surface area (Å²) >= 11 is 0. The zero-order valence-corrected chi connectivity index (χ0v) is 18.2. The third-order valence-electron chi connectivity index (χ3n) is 3.91. The number of ether oxygens (including phenoxy) is 1. The zero-order chi connectivity index (χ0) is 22.9. The second-order valence-corrected chi connectivity index (χ2v) is 7.80. The van der Waals surface area contributed by atoms with E-state index in [9.17, 15) is 13.6 Å². The van der Waals surface area contributed by atoms with E-state index >= 15 is 0 Å². The minimum absolute atomic E-state index is 0.0180. The number of nitrogens with two attached hydrogens (primary N) is 2. The lowest BCUT2D eigenvalue weighted by Gasteiger charge is -2.42. The molecule has 1 amide bonds. The second kappa shape index (κ2) is 11.6. The van der Waals surface area contributed by atoms with Gasteiger partial charge in [-0.2, -0.15) is 0 Å². The van der Waals surface area contributed by atoms with Gasteiger partial charge in [0, 0.05) is 29.6 Å². The molecule has 0 saturated heterocycles. The summed E-state index contributed by atoms with van der Waals surface area (Å²) in [7, 11) is 0. The van der Waals surface area contributed by atoms with E-state index in [4.69, 9.17) is 16.2 Å². The Kier molecular flexibility index (Phi) is 9.81. The molecule has 2 aromatic rings. The van der Waals surface area contributed by atoms with E-state index in [0.29, 0.717) is 11.3 Å². The molecule has 4 N–H and O–H groups in total. The largest absolute Gasteiger partial charge is 0.651 e. The first-order chi connectivity index (χ1) is 13.9. The van der Waals surface area contributed by atoms with Gasteiger partial charge >= 0.3 is 0 Å². The van der Waals surface area contributed by atoms with Crippen LogP contribution in [0.15, 0.2) is 36.5 Å². The average Bonchev–Trinajstić information content (AvgIpc) is 2.65. The fourth-order valence-corrected chi connectivity index (χ4v) is 2.67. The molecule has 0 saturated carbocycles. The molecule has 8 heteroatoms. The Morgan fingerprint density at radius 2 is 1.90 bits per heavy atom. The van der Waals surface area contributed by atoms with Crippen LogP contribution in [0.3, 0.4) is 0 Å². The summed E-state index contributed by atoms with van der Waals surface area (Å²) in [5, 5.41) is 4.66. The summed E-state index contributed by atoms with van der Waals surface area (Å²) in [5.41, 5.74) is 13.6. The van der Waals surface area contributed by atoms with Gasteiger partial charge in [0.1, 0.15) is 12.4 Å². The number of hydrogen-bond donors (Lipinski definition) is 2. The molecule has 0 bridgehead atoms. The third kappa shape index (κ3) is 9.28. The molecule has 1 unspecified atom stereocenters. The Hall–Kier alpha value is -2.58. The number of carbonyl (C=O) groups excluding carboxylic acids is 1. The lowest BCUT2D eigenvalue weighted by molar-refractivity contribution is 0.0814. The van der Waals surface area contributed by atoms with Gasteiger partial charge in [-0.25, -0.2) is 8.78 Å². The number of primary amides is 1. The molecule has 2 rings (SSSR count). The molecule has 1 aromatic carbocycles. The topological polar surface area (TPSA) is 105 Å². The lowest BCUT2D eigenvalue weighted by atomic mass is 10.0. The number of rotatable bonds is 7. The average molecular weight is 422 g/mol. The van der Waals surface area contributed by atoms with Crippen LogP contribution in [0.5, 0.6) is 5.75 Å². The first-order valence-corrected chi connectivity index (χ1v) is 9.61. The van der Waals surface area contributed by atoms with Gasteiger partial charge in [-0.3, -0.25) is 9.78 Å². The highest BCUT2D eigenvalue weighted by atomic mass is 19.3. The third-order valence-corrected chi connectivity index (χ3v) is 3.91. The maximum absolute atomic E-state index is 12.2. The fraction of sp³-hybridized carbons (Fsp3) is 0.455. The predicted octanol–water partition coefficient (Wildman–Crippen LogP) is 4.51. The van der Waals surface area contributed by atoms with Crippen LogP contribution in [0.25, 0.3) is 5.32 Å². The molecule has 1 aromatic heterocycles. The van der Waals surface area contributed by atoms with Crippen LogP contribution in [0.4, 0.5) is 8.78 Å². The predicted molar refractivity (Wildman–Crippen MR) is 115 cm³/mol. The molecule has 0 aliphatic heterocycles. The number of carbonyl (C=O) groups is 1. The summed E-state index contributed by atoms with van der Waals surface area (Å²) in [6.07, 6.45) is -0.926. The molecular formula is C22H31F2N4O2-. The molecule has 166 valence electrons. The molecule has 0 aliphatic carbocycles. The first-order valence-electron chi connectivity index (χ1n) is 9.61. The number of aromatic nitrogens is 1. The molecule has 1 heterocycles. The minimum Gasteiger partial charge on any atom is -0.651 e. The highest BCUT2D eigenvalue weighted by Crippen LogP contribution is 2.32. The van der Waals surface area contributed by atoms with E-state index in [1.165, 1.54) is 0 Å². The summed E-state index contributed by atoms with van der Waals surface area (Å²) in [6.45, 7) is 9.55. The van der Waals surface area contributed by atoms with Crippen LogP contribution in [0.2, 0.25) is 0 Å². The van der Waals surface area contributed by atoms with Gasteiger partial charge in [0.2, 0.25) is 5.91 Å². The number of aryl methyl sites for hydroxylation is 1. The SMILES string of the molecule is CC([N-]C(C)(C)C)c1ccc(OCC(F)F)c(CN)c1.Cc1cc(C(N)=O)ccn1. The van der Waals surface area contributed by atoms with Crippen LogP contribution in [-0.4, -0.2) is 29.5 Å². The van der Waals surface area contributed by atoms with Crippen molar-refractivity contribution in [2.45, 2.75) is 59.2 Å². The summed E-state index contributed by atoms with van der Waals surface area (Å²) in [5.74, 6) is 0.00464. The van der Waals surface area contributed by atoms with Gasteiger partial charge in [0.05, 0.1) is 0 Å². The van der Waals surface area contributed by atoms with Crippen molar-refractivity contribution in [2.75, 3.05) is 6.61 Å². The monoisotopic (exact) mass is 421 g/mol. The van der Waals surface area contributed by atoms with Crippen LogP contribution >= 0.6 is 0 Å². The van der Waals surface area contributed by atoms with Crippen LogP contribution in [-0.2, 0) is 6.54 Å². The van der Waals surface area contributed by atoms with Crippen molar-refractivity contribution in [2.24, 2.45) is 11.5 Å². The molecule has 6 nitrogen and oxygen atoms in total. The number of amides is 1. The van der Waals surface area contributed by atoms with E-state index < -0.39 is 18.9 Å². The van der Waals surface area contributed by atoms with Crippen molar-refractivity contribution >= 4 is 5.91 Å². The van der Waals surface area contributed by atoms with Crippen molar-refractivity contribution < 1.29 is 18.3 Å². The Labute approximate surface area is 177 Å². The van der Waals surface area contributed by atoms with Crippen molar-refractivity contribution in [3.05, 3.63) is 64.2 Å². The molecule has 0 spiro atoms. The maximum atomic E-state index is 12.2. The number of halogens is 2. The normalized spacial score (nSPS) is 12.2. The summed E-state index contributed by atoms with van der Waals surface area (Å²) in [4.78, 5) is 14.5. The Balaban J connectivity index is 0.000000375. The summed E-state index contributed by atoms with van der Waals surface area (Å²) < 4.78 is 29.4. The van der Waals surface area contributed by atoms with Gasteiger partial charge in [-0.05, 0) is 25.1 Å². The number of hydrogen-bond acceptors (Lipinski definition) is 4. The minimum atomic E-state index is -2.49. The van der Waals surface area contributed by atoms with Gasteiger partial charge in [-0.1, -0.05) is 45.4 Å². The van der Waals surface area contributed by atoms with Crippen molar-refractivity contribution in [3.63, 3.8) is 0 Å². The van der Waals surface area contributed by atoms with Crippen LogP contribution in [0, 0.1) is 6.92 Å². The Morgan fingerprint density at radius 1 is 1.23 bits per heavy atom. The number of alkyl halides is 2. The van der Waals surface area contributed by atoms with E-state index in [1.54, 1.807) is 24.4 Å². The van der Waals surface area contributed by atoms with Gasteiger partial charge in [-0.15, -0.1) is 11.6 Å². The zero-order valence-electron chi connectivity index (χ0n) is 18.2. The Morgan fingerprint density at radius 3 is 2.37 bits per heavy atom. The van der Waals surface area contributed by atoms with Crippen molar-refractivity contribution in [1.82, 2.24) is 4.98 Å². The molecule has 0 radical (unpaired) electrons. The summed E-state index contributed by atoms with van der Waals surface area (Å²) in [6, 6.07) is 8.68. The fourth-order valence-electron chi connectivity index (χ4n) is 2.67. The number of benzene rings is 1. The van der Waals surface area contributed by atoms with Gasteiger partial charge < -0.3 is 21.5 Å². The number of nitrogens with zero attached hydrogens (tertiary/aromatic N) is 2. The van der Waals surface area contributed by atoms with E-state index in [1.807, 2.05) is 46.8 Å². The highest BCUT2D eigenvalue weighted by Gasteiger charge is 2.10. The molecule has 30 heavy (non-hydrogen) atoms.